The number of carbonyl (C=O) groups is 1. The molecule has 0 amide bonds. The van der Waals surface area contributed by atoms with E-state index < -0.39 is 0 Å². The minimum Gasteiger partial charge on any atom is -0.469 e. The highest BCUT2D eigenvalue weighted by Gasteiger charge is 2.48. The summed E-state index contributed by atoms with van der Waals surface area (Å²) in [4.78, 5) is 13.7. The third-order valence-corrected chi connectivity index (χ3v) is 3.76. The summed E-state index contributed by atoms with van der Waals surface area (Å²) in [6.45, 7) is 3.66. The highest BCUT2D eigenvalue weighted by molar-refractivity contribution is 5.70. The van der Waals surface area contributed by atoms with Crippen molar-refractivity contribution < 1.29 is 14.3 Å². The first kappa shape index (κ1) is 10.9. The van der Waals surface area contributed by atoms with Crippen LogP contribution >= 0.6 is 0 Å². The lowest BCUT2D eigenvalue weighted by Gasteiger charge is -2.45. The minimum absolute atomic E-state index is 0.0673. The number of rotatable bonds is 3. The third kappa shape index (κ3) is 2.01. The van der Waals surface area contributed by atoms with Crippen LogP contribution in [0.3, 0.4) is 0 Å². The van der Waals surface area contributed by atoms with Gasteiger partial charge < -0.3 is 14.4 Å². The van der Waals surface area contributed by atoms with Crippen molar-refractivity contribution in [2.24, 2.45) is 11.3 Å². The van der Waals surface area contributed by atoms with Gasteiger partial charge >= 0.3 is 5.97 Å². The van der Waals surface area contributed by atoms with Crippen molar-refractivity contribution in [3.8, 4) is 0 Å². The Kier molecular flexibility index (Phi) is 2.98. The first-order valence-corrected chi connectivity index (χ1v) is 5.49. The van der Waals surface area contributed by atoms with E-state index in [-0.39, 0.29) is 11.4 Å². The second-order valence-electron chi connectivity index (χ2n) is 4.86. The molecule has 2 heterocycles. The van der Waals surface area contributed by atoms with Gasteiger partial charge in [0.1, 0.15) is 0 Å². The maximum atomic E-state index is 11.4. The van der Waals surface area contributed by atoms with Gasteiger partial charge in [-0.3, -0.25) is 4.79 Å². The Labute approximate surface area is 90.5 Å². The molecule has 86 valence electrons. The summed E-state index contributed by atoms with van der Waals surface area (Å²) in [5.41, 5.74) is 0.0673. The number of hydrogen-bond acceptors (Lipinski definition) is 4. The van der Waals surface area contributed by atoms with E-state index in [2.05, 4.69) is 11.9 Å². The van der Waals surface area contributed by atoms with Crippen molar-refractivity contribution in [1.29, 1.82) is 0 Å². The van der Waals surface area contributed by atoms with Gasteiger partial charge in [-0.1, -0.05) is 0 Å². The van der Waals surface area contributed by atoms with Crippen LogP contribution in [0.25, 0.3) is 0 Å². The summed E-state index contributed by atoms with van der Waals surface area (Å²) in [6, 6.07) is 0. The summed E-state index contributed by atoms with van der Waals surface area (Å²) < 4.78 is 10.1. The lowest BCUT2D eigenvalue weighted by molar-refractivity contribution is -0.171. The monoisotopic (exact) mass is 213 g/mol. The van der Waals surface area contributed by atoms with E-state index in [1.165, 1.54) is 13.5 Å². The van der Waals surface area contributed by atoms with Gasteiger partial charge in [-0.15, -0.1) is 0 Å². The van der Waals surface area contributed by atoms with Gasteiger partial charge in [0.2, 0.25) is 0 Å². The van der Waals surface area contributed by atoms with Crippen LogP contribution in [0, 0.1) is 11.3 Å². The van der Waals surface area contributed by atoms with E-state index in [0.717, 1.165) is 26.3 Å². The van der Waals surface area contributed by atoms with Crippen LogP contribution in [-0.2, 0) is 14.3 Å². The van der Waals surface area contributed by atoms with E-state index in [1.807, 2.05) is 0 Å². The quantitative estimate of drug-likeness (QED) is 0.641. The number of esters is 1. The predicted octanol–water partition coefficient (Wildman–Crippen LogP) is 0.518. The van der Waals surface area contributed by atoms with E-state index >= 15 is 0 Å². The Balaban J connectivity index is 1.98. The topological polar surface area (TPSA) is 38.8 Å². The van der Waals surface area contributed by atoms with Gasteiger partial charge in [0, 0.05) is 12.0 Å². The Morgan fingerprint density at radius 1 is 1.60 bits per heavy atom. The summed E-state index contributed by atoms with van der Waals surface area (Å²) >= 11 is 0. The number of methoxy groups -OCH3 is 1. The molecule has 2 aliphatic rings. The lowest BCUT2D eigenvalue weighted by atomic mass is 9.70. The molecule has 0 aromatic carbocycles. The van der Waals surface area contributed by atoms with Crippen LogP contribution in [0.5, 0.6) is 0 Å². The van der Waals surface area contributed by atoms with Crippen LogP contribution in [0.2, 0.25) is 0 Å². The molecule has 1 atom stereocenters. The molecule has 0 N–H and O–H groups in total. The average molecular weight is 213 g/mol. The molecule has 0 aromatic rings. The van der Waals surface area contributed by atoms with Gasteiger partial charge in [0.25, 0.3) is 0 Å². The molecule has 0 spiro atoms. The van der Waals surface area contributed by atoms with Gasteiger partial charge in [-0.25, -0.2) is 0 Å². The maximum Gasteiger partial charge on any atom is 0.306 e. The van der Waals surface area contributed by atoms with Gasteiger partial charge in [-0.05, 0) is 25.9 Å². The lowest BCUT2D eigenvalue weighted by Crippen LogP contribution is -2.50. The van der Waals surface area contributed by atoms with Crippen molar-refractivity contribution in [3.63, 3.8) is 0 Å². The molecule has 2 saturated heterocycles. The third-order valence-electron chi connectivity index (χ3n) is 3.76. The number of ether oxygens (including phenoxy) is 2. The second-order valence-corrected chi connectivity index (χ2v) is 4.86. The fraction of sp³-hybridized carbons (Fsp3) is 0.909. The van der Waals surface area contributed by atoms with Crippen molar-refractivity contribution in [3.05, 3.63) is 0 Å². The van der Waals surface area contributed by atoms with E-state index in [1.54, 1.807) is 0 Å². The van der Waals surface area contributed by atoms with E-state index in [0.29, 0.717) is 12.3 Å². The number of likely N-dealkylation sites (tertiary alicyclic amines) is 1. The predicted molar refractivity (Wildman–Crippen MR) is 55.5 cm³/mol. The molecule has 0 aliphatic carbocycles. The highest BCUT2D eigenvalue weighted by Crippen LogP contribution is 2.43. The summed E-state index contributed by atoms with van der Waals surface area (Å²) in [6.07, 6.45) is 1.69. The normalized spacial score (nSPS) is 29.9. The number of hydrogen-bond donors (Lipinski definition) is 0. The standard InChI is InChI=1S/C11H19NO3/c1-12-4-3-9(6-12)11(7-15-8-11)5-10(13)14-2/h9H,3-8H2,1-2H3. The molecule has 2 aliphatic heterocycles. The first-order valence-electron chi connectivity index (χ1n) is 5.49. The van der Waals surface area contributed by atoms with Gasteiger partial charge in [0.05, 0.1) is 26.7 Å². The molecular weight excluding hydrogens is 194 g/mol. The fourth-order valence-electron chi connectivity index (χ4n) is 2.64. The largest absolute Gasteiger partial charge is 0.469 e. The Morgan fingerprint density at radius 2 is 2.33 bits per heavy atom. The fourth-order valence-corrected chi connectivity index (χ4v) is 2.64. The average Bonchev–Trinajstić information content (AvgIpc) is 2.58. The van der Waals surface area contributed by atoms with Crippen molar-refractivity contribution in [2.75, 3.05) is 40.5 Å². The Bertz CT molecular complexity index is 250. The molecule has 4 heteroatoms. The van der Waals surface area contributed by atoms with Crippen LogP contribution in [0.1, 0.15) is 12.8 Å². The van der Waals surface area contributed by atoms with Crippen LogP contribution in [0.4, 0.5) is 0 Å². The van der Waals surface area contributed by atoms with Crippen molar-refractivity contribution >= 4 is 5.97 Å². The van der Waals surface area contributed by atoms with Crippen molar-refractivity contribution in [2.45, 2.75) is 12.8 Å². The molecule has 15 heavy (non-hydrogen) atoms. The zero-order valence-corrected chi connectivity index (χ0v) is 9.49. The van der Waals surface area contributed by atoms with Crippen LogP contribution in [-0.4, -0.2) is 51.3 Å². The first-order chi connectivity index (χ1) is 7.16. The molecule has 0 bridgehead atoms. The van der Waals surface area contributed by atoms with Crippen molar-refractivity contribution in [1.82, 2.24) is 4.90 Å². The summed E-state index contributed by atoms with van der Waals surface area (Å²) in [5.74, 6) is 0.489. The summed E-state index contributed by atoms with van der Waals surface area (Å²) in [5, 5.41) is 0. The Hall–Kier alpha value is -0.610. The molecule has 1 unspecified atom stereocenters. The molecular formula is C11H19NO3. The molecule has 0 aromatic heterocycles. The molecule has 2 rings (SSSR count). The second kappa shape index (κ2) is 4.10. The SMILES string of the molecule is COC(=O)CC1(C2CCN(C)C2)COC1. The Morgan fingerprint density at radius 3 is 2.73 bits per heavy atom. The van der Waals surface area contributed by atoms with Gasteiger partial charge in [0.15, 0.2) is 0 Å². The minimum atomic E-state index is -0.104. The van der Waals surface area contributed by atoms with Crippen LogP contribution < -0.4 is 0 Å². The summed E-state index contributed by atoms with van der Waals surface area (Å²) in [7, 11) is 3.59. The molecule has 0 radical (unpaired) electrons. The highest BCUT2D eigenvalue weighted by atomic mass is 16.5. The van der Waals surface area contributed by atoms with Crippen LogP contribution in [0.15, 0.2) is 0 Å². The zero-order valence-electron chi connectivity index (χ0n) is 9.49. The molecule has 0 saturated carbocycles. The maximum absolute atomic E-state index is 11.4. The smallest absolute Gasteiger partial charge is 0.306 e. The zero-order chi connectivity index (χ0) is 10.9. The van der Waals surface area contributed by atoms with E-state index in [9.17, 15) is 4.79 Å². The molecule has 2 fully saturated rings. The number of nitrogens with zero attached hydrogens (tertiary/aromatic N) is 1. The molecule has 4 nitrogen and oxygen atoms in total. The van der Waals surface area contributed by atoms with E-state index in [4.69, 9.17) is 9.47 Å². The van der Waals surface area contributed by atoms with Gasteiger partial charge in [-0.2, -0.15) is 0 Å². The number of carbonyl (C=O) groups excluding carboxylic acids is 1.